The summed E-state index contributed by atoms with van der Waals surface area (Å²) in [7, 11) is 0. The Balaban J connectivity index is 1.59. The molecule has 3 rings (SSSR count). The smallest absolute Gasteiger partial charge is 0.284 e. The van der Waals surface area contributed by atoms with Gasteiger partial charge in [-0.1, -0.05) is 35.9 Å². The lowest BCUT2D eigenvalue weighted by Gasteiger charge is -2.24. The highest BCUT2D eigenvalue weighted by atomic mass is 35.5. The molecule has 1 amide bonds. The van der Waals surface area contributed by atoms with Crippen LogP contribution in [0.2, 0.25) is 5.02 Å². The molecular weight excluding hydrogens is 304 g/mol. The molecule has 1 atom stereocenters. The van der Waals surface area contributed by atoms with Crippen LogP contribution in [0, 0.1) is 0 Å². The number of amides is 1. The zero-order chi connectivity index (χ0) is 15.4. The van der Waals surface area contributed by atoms with E-state index in [1.54, 1.807) is 30.3 Å². The van der Waals surface area contributed by atoms with Crippen molar-refractivity contribution in [3.05, 3.63) is 59.1 Å². The Labute approximate surface area is 132 Å². The van der Waals surface area contributed by atoms with Gasteiger partial charge in [0, 0.05) is 5.02 Å². The molecule has 5 nitrogen and oxygen atoms in total. The van der Waals surface area contributed by atoms with Gasteiger partial charge < -0.3 is 9.47 Å². The molecule has 0 saturated heterocycles. The average molecular weight is 317 g/mol. The largest absolute Gasteiger partial charge is 0.485 e. The number of halogens is 1. The van der Waals surface area contributed by atoms with E-state index in [2.05, 4.69) is 10.5 Å². The number of carbonyl (C=O) groups is 1. The molecule has 1 aliphatic rings. The Morgan fingerprint density at radius 3 is 2.86 bits per heavy atom. The maximum Gasteiger partial charge on any atom is 0.284 e. The normalized spacial score (nSPS) is 16.5. The molecule has 2 aromatic carbocycles. The highest BCUT2D eigenvalue weighted by molar-refractivity contribution is 6.30. The lowest BCUT2D eigenvalue weighted by atomic mass is 10.2. The first-order valence-electron chi connectivity index (χ1n) is 6.69. The first-order valence-corrected chi connectivity index (χ1v) is 7.07. The molecule has 0 fully saturated rings. The Hall–Kier alpha value is -2.53. The molecule has 0 bridgehead atoms. The molecule has 1 N–H and O–H groups in total. The van der Waals surface area contributed by atoms with E-state index in [1.807, 2.05) is 18.2 Å². The van der Waals surface area contributed by atoms with E-state index in [-0.39, 0.29) is 12.5 Å². The number of fused-ring (bicyclic) bond motifs is 1. The standard InChI is InChI=1S/C16H13ClN2O3/c17-12-5-3-4-11(8-12)9-18-19-16(20)15-10-21-13-6-1-2-7-14(13)22-15/h1-9,15H,10H2,(H,19,20)/t15-/m1/s1. The van der Waals surface area contributed by atoms with Crippen molar-refractivity contribution in [3.8, 4) is 11.5 Å². The number of nitrogens with one attached hydrogen (secondary N) is 1. The number of hydrogen-bond acceptors (Lipinski definition) is 4. The summed E-state index contributed by atoms with van der Waals surface area (Å²) in [5.74, 6) is 0.814. The van der Waals surface area contributed by atoms with Gasteiger partial charge in [0.2, 0.25) is 6.10 Å². The van der Waals surface area contributed by atoms with E-state index >= 15 is 0 Å². The number of rotatable bonds is 3. The maximum atomic E-state index is 12.0. The molecule has 1 aliphatic heterocycles. The summed E-state index contributed by atoms with van der Waals surface area (Å²) < 4.78 is 11.1. The molecule has 0 unspecified atom stereocenters. The van der Waals surface area contributed by atoms with E-state index in [9.17, 15) is 4.79 Å². The Morgan fingerprint density at radius 2 is 2.05 bits per heavy atom. The lowest BCUT2D eigenvalue weighted by molar-refractivity contribution is -0.130. The van der Waals surface area contributed by atoms with Crippen LogP contribution < -0.4 is 14.9 Å². The molecule has 6 heteroatoms. The second kappa shape index (κ2) is 6.49. The highest BCUT2D eigenvalue weighted by Crippen LogP contribution is 2.30. The molecule has 0 radical (unpaired) electrons. The quantitative estimate of drug-likeness (QED) is 0.699. The van der Waals surface area contributed by atoms with Gasteiger partial charge >= 0.3 is 0 Å². The Morgan fingerprint density at radius 1 is 1.23 bits per heavy atom. The summed E-state index contributed by atoms with van der Waals surface area (Å²) in [6, 6.07) is 14.4. The monoisotopic (exact) mass is 316 g/mol. The van der Waals surface area contributed by atoms with Crippen molar-refractivity contribution in [2.75, 3.05) is 6.61 Å². The summed E-state index contributed by atoms with van der Waals surface area (Å²) in [5.41, 5.74) is 3.22. The van der Waals surface area contributed by atoms with E-state index < -0.39 is 6.10 Å². The molecular formula is C16H13ClN2O3. The summed E-state index contributed by atoms with van der Waals surface area (Å²) in [5, 5.41) is 4.50. The Kier molecular flexibility index (Phi) is 4.25. The van der Waals surface area contributed by atoms with Gasteiger partial charge in [-0.15, -0.1) is 0 Å². The fourth-order valence-electron chi connectivity index (χ4n) is 1.98. The third-order valence-corrected chi connectivity index (χ3v) is 3.27. The van der Waals surface area contributed by atoms with E-state index in [1.165, 1.54) is 6.21 Å². The number of nitrogens with zero attached hydrogens (tertiary/aromatic N) is 1. The predicted octanol–water partition coefficient (Wildman–Crippen LogP) is 2.63. The first kappa shape index (κ1) is 14.4. The van der Waals surface area contributed by atoms with Gasteiger partial charge in [0.05, 0.1) is 6.21 Å². The van der Waals surface area contributed by atoms with Gasteiger partial charge in [-0.05, 0) is 29.8 Å². The molecule has 22 heavy (non-hydrogen) atoms. The van der Waals surface area contributed by atoms with Crippen LogP contribution in [0.15, 0.2) is 53.6 Å². The van der Waals surface area contributed by atoms with Crippen molar-refractivity contribution in [1.82, 2.24) is 5.43 Å². The van der Waals surface area contributed by atoms with Crippen LogP contribution in [0.1, 0.15) is 5.56 Å². The predicted molar refractivity (Wildman–Crippen MR) is 83.5 cm³/mol. The summed E-state index contributed by atoms with van der Waals surface area (Å²) in [6.45, 7) is 0.148. The van der Waals surface area contributed by atoms with Crippen molar-refractivity contribution in [1.29, 1.82) is 0 Å². The van der Waals surface area contributed by atoms with Gasteiger partial charge in [0.15, 0.2) is 11.5 Å². The maximum absolute atomic E-state index is 12.0. The Bertz CT molecular complexity index is 718. The summed E-state index contributed by atoms with van der Waals surface area (Å²) >= 11 is 5.87. The zero-order valence-electron chi connectivity index (χ0n) is 11.5. The molecule has 1 heterocycles. The third-order valence-electron chi connectivity index (χ3n) is 3.04. The summed E-state index contributed by atoms with van der Waals surface area (Å²) in [6.07, 6.45) is 0.785. The van der Waals surface area contributed by atoms with Crippen LogP contribution in [-0.4, -0.2) is 24.8 Å². The number of ether oxygens (including phenoxy) is 2. The van der Waals surface area contributed by atoms with Gasteiger partial charge in [0.25, 0.3) is 5.91 Å². The minimum atomic E-state index is -0.730. The minimum Gasteiger partial charge on any atom is -0.485 e. The topological polar surface area (TPSA) is 59.9 Å². The number of hydrazone groups is 1. The number of carbonyl (C=O) groups excluding carboxylic acids is 1. The van der Waals surface area contributed by atoms with Crippen LogP contribution in [0.4, 0.5) is 0 Å². The van der Waals surface area contributed by atoms with Crippen LogP contribution in [0.25, 0.3) is 0 Å². The van der Waals surface area contributed by atoms with Crippen molar-refractivity contribution < 1.29 is 14.3 Å². The number of hydrogen-bond donors (Lipinski definition) is 1. The summed E-state index contributed by atoms with van der Waals surface area (Å²) in [4.78, 5) is 12.0. The van der Waals surface area contributed by atoms with Crippen molar-refractivity contribution >= 4 is 23.7 Å². The second-order valence-electron chi connectivity index (χ2n) is 4.65. The number of para-hydroxylation sites is 2. The van der Waals surface area contributed by atoms with Crippen LogP contribution in [0.3, 0.4) is 0 Å². The zero-order valence-corrected chi connectivity index (χ0v) is 12.3. The molecule has 0 aromatic heterocycles. The van der Waals surface area contributed by atoms with Crippen molar-refractivity contribution in [2.24, 2.45) is 5.10 Å². The van der Waals surface area contributed by atoms with E-state index in [0.717, 1.165) is 5.56 Å². The van der Waals surface area contributed by atoms with Crippen molar-refractivity contribution in [3.63, 3.8) is 0 Å². The van der Waals surface area contributed by atoms with Crippen molar-refractivity contribution in [2.45, 2.75) is 6.10 Å². The van der Waals surface area contributed by atoms with Gasteiger partial charge in [0.1, 0.15) is 6.61 Å². The average Bonchev–Trinajstić information content (AvgIpc) is 2.54. The van der Waals surface area contributed by atoms with Crippen LogP contribution >= 0.6 is 11.6 Å². The third kappa shape index (κ3) is 3.38. The molecule has 2 aromatic rings. The fraction of sp³-hybridized carbons (Fsp3) is 0.125. The van der Waals surface area contributed by atoms with E-state index in [0.29, 0.717) is 16.5 Å². The van der Waals surface area contributed by atoms with Gasteiger partial charge in [-0.3, -0.25) is 4.79 Å². The van der Waals surface area contributed by atoms with Crippen LogP contribution in [0.5, 0.6) is 11.5 Å². The molecule has 0 spiro atoms. The minimum absolute atomic E-state index is 0.148. The number of benzene rings is 2. The second-order valence-corrected chi connectivity index (χ2v) is 5.09. The highest BCUT2D eigenvalue weighted by Gasteiger charge is 2.26. The lowest BCUT2D eigenvalue weighted by Crippen LogP contribution is -2.42. The van der Waals surface area contributed by atoms with Crippen LogP contribution in [-0.2, 0) is 4.79 Å². The SMILES string of the molecule is O=C(NN=Cc1cccc(Cl)c1)[C@H]1COc2ccccc2O1. The molecule has 0 aliphatic carbocycles. The molecule has 112 valence electrons. The van der Waals surface area contributed by atoms with Gasteiger partial charge in [-0.2, -0.15) is 5.10 Å². The fourth-order valence-corrected chi connectivity index (χ4v) is 2.18. The van der Waals surface area contributed by atoms with E-state index in [4.69, 9.17) is 21.1 Å². The van der Waals surface area contributed by atoms with Gasteiger partial charge in [-0.25, -0.2) is 5.43 Å². The first-order chi connectivity index (χ1) is 10.7. The molecule has 0 saturated carbocycles.